The van der Waals surface area contributed by atoms with Gasteiger partial charge >= 0.3 is 0 Å². The second-order valence-electron chi connectivity index (χ2n) is 5.45. The van der Waals surface area contributed by atoms with Gasteiger partial charge in [-0.15, -0.1) is 0 Å². The summed E-state index contributed by atoms with van der Waals surface area (Å²) in [7, 11) is 0. The van der Waals surface area contributed by atoms with Crippen molar-refractivity contribution in [3.8, 4) is 0 Å². The fraction of sp³-hybridized carbons (Fsp3) is 0.875. The van der Waals surface area contributed by atoms with Gasteiger partial charge in [0.05, 0.1) is 0 Å². The molecule has 0 heteroatoms. The third-order valence-corrected chi connectivity index (χ3v) is 3.57. The number of hydrogen-bond donors (Lipinski definition) is 0. The van der Waals surface area contributed by atoms with E-state index in [1.54, 1.807) is 0 Å². The van der Waals surface area contributed by atoms with E-state index >= 15 is 0 Å². The van der Waals surface area contributed by atoms with Gasteiger partial charge in [-0.25, -0.2) is 0 Å². The molecule has 0 aromatic heterocycles. The minimum atomic E-state index is 0.860. The van der Waals surface area contributed by atoms with Crippen molar-refractivity contribution in [1.29, 1.82) is 0 Å². The van der Waals surface area contributed by atoms with Crippen LogP contribution in [-0.4, -0.2) is 0 Å². The Morgan fingerprint density at radius 1 is 0.812 bits per heavy atom. The average molecular weight is 224 g/mol. The van der Waals surface area contributed by atoms with Crippen molar-refractivity contribution in [3.05, 3.63) is 12.2 Å². The number of unbranched alkanes of at least 4 members (excludes halogenated alkanes) is 5. The lowest BCUT2D eigenvalue weighted by Gasteiger charge is -2.14. The molecule has 0 bridgehead atoms. The van der Waals surface area contributed by atoms with Crippen molar-refractivity contribution in [1.82, 2.24) is 0 Å². The Bertz CT molecular complexity index is 155. The van der Waals surface area contributed by atoms with E-state index in [4.69, 9.17) is 0 Å². The van der Waals surface area contributed by atoms with E-state index in [1.807, 2.05) is 0 Å². The van der Waals surface area contributed by atoms with Crippen LogP contribution >= 0.6 is 0 Å². The molecule has 0 aliphatic carbocycles. The van der Waals surface area contributed by atoms with Gasteiger partial charge in [-0.2, -0.15) is 0 Å². The molecule has 1 atom stereocenters. The highest BCUT2D eigenvalue weighted by molar-refractivity contribution is 4.79. The van der Waals surface area contributed by atoms with Crippen LogP contribution in [0.5, 0.6) is 0 Å². The van der Waals surface area contributed by atoms with Crippen molar-refractivity contribution >= 4 is 0 Å². The van der Waals surface area contributed by atoms with Crippen LogP contribution in [0, 0.1) is 11.8 Å². The molecule has 96 valence electrons. The van der Waals surface area contributed by atoms with E-state index in [9.17, 15) is 0 Å². The van der Waals surface area contributed by atoms with Gasteiger partial charge in [0.15, 0.2) is 0 Å². The second kappa shape index (κ2) is 11.2. The third kappa shape index (κ3) is 10.3. The Morgan fingerprint density at radius 2 is 1.44 bits per heavy atom. The van der Waals surface area contributed by atoms with Crippen molar-refractivity contribution in [2.75, 3.05) is 0 Å². The Labute approximate surface area is 104 Å². The van der Waals surface area contributed by atoms with Gasteiger partial charge in [-0.3, -0.25) is 0 Å². The molecule has 0 radical (unpaired) electrons. The first-order chi connectivity index (χ1) is 7.68. The normalized spacial score (nSPS) is 13.8. The predicted octanol–water partition coefficient (Wildman–Crippen LogP) is 5.98. The zero-order valence-corrected chi connectivity index (χ0v) is 12.0. The Kier molecular flexibility index (Phi) is 11.0. The van der Waals surface area contributed by atoms with Gasteiger partial charge in [0, 0.05) is 0 Å². The summed E-state index contributed by atoms with van der Waals surface area (Å²) in [6, 6.07) is 0. The SMILES string of the molecule is CC/C=C/CCCCCCC[C@@H](C)C(C)C. The van der Waals surface area contributed by atoms with Crippen LogP contribution in [0.25, 0.3) is 0 Å². The zero-order chi connectivity index (χ0) is 12.2. The molecular formula is C16H32. The summed E-state index contributed by atoms with van der Waals surface area (Å²) in [6.45, 7) is 9.27. The fourth-order valence-corrected chi connectivity index (χ4v) is 1.88. The highest BCUT2D eigenvalue weighted by atomic mass is 14.1. The van der Waals surface area contributed by atoms with Gasteiger partial charge in [-0.05, 0) is 31.1 Å². The zero-order valence-electron chi connectivity index (χ0n) is 12.0. The molecule has 0 fully saturated rings. The Hall–Kier alpha value is -0.260. The second-order valence-corrected chi connectivity index (χ2v) is 5.45. The van der Waals surface area contributed by atoms with E-state index in [0.717, 1.165) is 11.8 Å². The van der Waals surface area contributed by atoms with E-state index in [2.05, 4.69) is 39.8 Å². The monoisotopic (exact) mass is 224 g/mol. The first kappa shape index (κ1) is 15.7. The van der Waals surface area contributed by atoms with Crippen LogP contribution in [0.1, 0.15) is 79.1 Å². The summed E-state index contributed by atoms with van der Waals surface area (Å²) in [5.74, 6) is 1.77. The molecule has 0 N–H and O–H groups in total. The Balaban J connectivity index is 3.12. The van der Waals surface area contributed by atoms with Gasteiger partial charge in [0.2, 0.25) is 0 Å². The molecule has 0 aromatic rings. The lowest BCUT2D eigenvalue weighted by atomic mass is 9.92. The molecule has 0 amide bonds. The molecule has 0 heterocycles. The summed E-state index contributed by atoms with van der Waals surface area (Å²) in [5.41, 5.74) is 0. The average Bonchev–Trinajstić information content (AvgIpc) is 2.26. The third-order valence-electron chi connectivity index (χ3n) is 3.57. The van der Waals surface area contributed by atoms with E-state index in [1.165, 1.54) is 51.4 Å². The maximum Gasteiger partial charge on any atom is -0.0351 e. The molecule has 0 aromatic carbocycles. The van der Waals surface area contributed by atoms with Crippen LogP contribution in [0.2, 0.25) is 0 Å². The highest BCUT2D eigenvalue weighted by Crippen LogP contribution is 2.18. The fourth-order valence-electron chi connectivity index (χ4n) is 1.88. The molecule has 0 saturated heterocycles. The standard InChI is InChI=1S/C16H32/c1-5-6-7-8-9-10-11-12-13-14-16(4)15(2)3/h6-7,15-16H,5,8-14H2,1-4H3/b7-6+/t16-/m1/s1. The van der Waals surface area contributed by atoms with Crippen molar-refractivity contribution in [2.45, 2.75) is 79.1 Å². The first-order valence-corrected chi connectivity index (χ1v) is 7.33. The van der Waals surface area contributed by atoms with Crippen LogP contribution in [0.3, 0.4) is 0 Å². The summed E-state index contributed by atoms with van der Waals surface area (Å²) >= 11 is 0. The predicted molar refractivity (Wildman–Crippen MR) is 75.8 cm³/mol. The summed E-state index contributed by atoms with van der Waals surface area (Å²) in [6.07, 6.45) is 15.6. The highest BCUT2D eigenvalue weighted by Gasteiger charge is 2.05. The van der Waals surface area contributed by atoms with E-state index < -0.39 is 0 Å². The quantitative estimate of drug-likeness (QED) is 0.316. The minimum Gasteiger partial charge on any atom is -0.0888 e. The maximum absolute atomic E-state index is 2.39. The lowest BCUT2D eigenvalue weighted by molar-refractivity contribution is 0.375. The smallest absolute Gasteiger partial charge is 0.0351 e. The molecule has 0 saturated carbocycles. The van der Waals surface area contributed by atoms with Crippen LogP contribution < -0.4 is 0 Å². The Morgan fingerprint density at radius 3 is 2.06 bits per heavy atom. The van der Waals surface area contributed by atoms with Gasteiger partial charge in [0.1, 0.15) is 0 Å². The molecule has 0 aliphatic heterocycles. The number of rotatable bonds is 10. The number of hydrogen-bond acceptors (Lipinski definition) is 0. The van der Waals surface area contributed by atoms with Gasteiger partial charge < -0.3 is 0 Å². The van der Waals surface area contributed by atoms with Crippen molar-refractivity contribution in [3.63, 3.8) is 0 Å². The van der Waals surface area contributed by atoms with Crippen molar-refractivity contribution in [2.24, 2.45) is 11.8 Å². The molecule has 0 nitrogen and oxygen atoms in total. The van der Waals surface area contributed by atoms with Crippen LogP contribution in [-0.2, 0) is 0 Å². The maximum atomic E-state index is 2.39. The molecule has 0 unspecified atom stereocenters. The molecule has 0 spiro atoms. The van der Waals surface area contributed by atoms with Gasteiger partial charge in [-0.1, -0.05) is 72.0 Å². The minimum absolute atomic E-state index is 0.860. The molecule has 0 rings (SSSR count). The first-order valence-electron chi connectivity index (χ1n) is 7.33. The van der Waals surface area contributed by atoms with E-state index in [-0.39, 0.29) is 0 Å². The topological polar surface area (TPSA) is 0 Å². The van der Waals surface area contributed by atoms with Gasteiger partial charge in [0.25, 0.3) is 0 Å². The lowest BCUT2D eigenvalue weighted by Crippen LogP contribution is -2.03. The molecular weight excluding hydrogens is 192 g/mol. The summed E-state index contributed by atoms with van der Waals surface area (Å²) in [5, 5.41) is 0. The van der Waals surface area contributed by atoms with Crippen LogP contribution in [0.15, 0.2) is 12.2 Å². The largest absolute Gasteiger partial charge is 0.0888 e. The summed E-state index contributed by atoms with van der Waals surface area (Å²) < 4.78 is 0. The van der Waals surface area contributed by atoms with Crippen molar-refractivity contribution < 1.29 is 0 Å². The molecule has 0 aliphatic rings. The molecule has 16 heavy (non-hydrogen) atoms. The number of allylic oxidation sites excluding steroid dienone is 2. The van der Waals surface area contributed by atoms with Crippen LogP contribution in [0.4, 0.5) is 0 Å². The summed E-state index contributed by atoms with van der Waals surface area (Å²) in [4.78, 5) is 0. The van der Waals surface area contributed by atoms with E-state index in [0.29, 0.717) is 0 Å².